The summed E-state index contributed by atoms with van der Waals surface area (Å²) in [6.45, 7) is 0. The van der Waals surface area contributed by atoms with E-state index in [2.05, 4.69) is 62.4 Å². The molecule has 0 spiro atoms. The van der Waals surface area contributed by atoms with Crippen LogP contribution in [0.2, 0.25) is 0 Å². The largest absolute Gasteiger partial charge is 0.316 e. The number of fused-ring (bicyclic) bond motifs is 2. The second-order valence-corrected chi connectivity index (χ2v) is 4.12. The maximum absolute atomic E-state index is 3.66. The van der Waals surface area contributed by atoms with E-state index in [1.165, 1.54) is 11.4 Å². The van der Waals surface area contributed by atoms with Crippen molar-refractivity contribution in [3.63, 3.8) is 0 Å². The van der Waals surface area contributed by atoms with Crippen molar-refractivity contribution in [3.8, 4) is 0 Å². The topological polar surface area (TPSA) is 6.48 Å². The van der Waals surface area contributed by atoms with E-state index in [-0.39, 0.29) is 5.08 Å². The van der Waals surface area contributed by atoms with Crippen molar-refractivity contribution in [1.29, 1.82) is 0 Å². The Morgan fingerprint density at radius 2 is 1.36 bits per heavy atom. The molecule has 3 aliphatic heterocycles. The molecule has 0 saturated carbocycles. The Kier molecular flexibility index (Phi) is 1.67. The Morgan fingerprint density at radius 3 is 1.86 bits per heavy atom. The van der Waals surface area contributed by atoms with E-state index >= 15 is 0 Å². The van der Waals surface area contributed by atoms with Gasteiger partial charge in [-0.3, -0.25) is 0 Å². The van der Waals surface area contributed by atoms with Gasteiger partial charge >= 0.3 is 0 Å². The molecule has 70 valence electrons. The van der Waals surface area contributed by atoms with Gasteiger partial charge < -0.3 is 9.80 Å². The lowest BCUT2D eigenvalue weighted by Crippen LogP contribution is -2.29. The molecule has 0 amide bonds. The fourth-order valence-electron chi connectivity index (χ4n) is 1.85. The van der Waals surface area contributed by atoms with Crippen molar-refractivity contribution >= 4 is 15.9 Å². The van der Waals surface area contributed by atoms with Crippen LogP contribution in [0.25, 0.3) is 0 Å². The number of hydrogen-bond donors (Lipinski definition) is 0. The molecule has 0 saturated heterocycles. The monoisotopic (exact) mass is 248 g/mol. The molecule has 0 aromatic heterocycles. The highest BCUT2D eigenvalue weighted by atomic mass is 79.9. The van der Waals surface area contributed by atoms with Gasteiger partial charge in [0, 0.05) is 12.4 Å². The first-order valence-electron chi connectivity index (χ1n) is 4.53. The first-order valence-corrected chi connectivity index (χ1v) is 5.44. The second-order valence-electron chi connectivity index (χ2n) is 3.30. The van der Waals surface area contributed by atoms with Crippen molar-refractivity contribution in [2.45, 2.75) is 5.08 Å². The number of nitrogens with zero attached hydrogens (tertiary/aromatic N) is 2. The van der Waals surface area contributed by atoms with Crippen LogP contribution in [-0.2, 0) is 0 Å². The normalized spacial score (nSPS) is 23.5. The van der Waals surface area contributed by atoms with Crippen LogP contribution in [0.4, 0.5) is 0 Å². The molecule has 2 nitrogen and oxygen atoms in total. The lowest BCUT2D eigenvalue weighted by Gasteiger charge is -2.26. The Labute approximate surface area is 91.3 Å². The smallest absolute Gasteiger partial charge is 0.167 e. The summed E-state index contributed by atoms with van der Waals surface area (Å²) in [6.07, 6.45) is 16.7. The molecule has 3 rings (SSSR count). The summed E-state index contributed by atoms with van der Waals surface area (Å²) in [5.74, 6) is 0. The van der Waals surface area contributed by atoms with Gasteiger partial charge in [0.25, 0.3) is 0 Å². The van der Waals surface area contributed by atoms with Crippen LogP contribution < -0.4 is 0 Å². The van der Waals surface area contributed by atoms with Crippen molar-refractivity contribution in [3.05, 3.63) is 60.3 Å². The summed E-state index contributed by atoms with van der Waals surface area (Å²) in [5.41, 5.74) is 2.49. The predicted octanol–water partition coefficient (Wildman–Crippen LogP) is 2.66. The molecule has 3 heterocycles. The molecule has 0 aliphatic carbocycles. The second kappa shape index (κ2) is 2.89. The van der Waals surface area contributed by atoms with Gasteiger partial charge in [0.1, 0.15) is 0 Å². The summed E-state index contributed by atoms with van der Waals surface area (Å²) >= 11 is 3.66. The number of halogens is 1. The number of hydrogen-bond acceptors (Lipinski definition) is 2. The van der Waals surface area contributed by atoms with Crippen LogP contribution in [0.5, 0.6) is 0 Å². The third kappa shape index (κ3) is 0.960. The molecule has 0 aromatic rings. The fraction of sp³-hybridized carbons (Fsp3) is 0.0909. The minimum atomic E-state index is 0.204. The highest BCUT2D eigenvalue weighted by molar-refractivity contribution is 9.09. The van der Waals surface area contributed by atoms with E-state index in [1.807, 2.05) is 12.2 Å². The minimum absolute atomic E-state index is 0.204. The van der Waals surface area contributed by atoms with Crippen LogP contribution in [0.3, 0.4) is 0 Å². The van der Waals surface area contributed by atoms with Crippen LogP contribution in [-0.4, -0.2) is 14.9 Å². The average molecular weight is 249 g/mol. The zero-order valence-corrected chi connectivity index (χ0v) is 9.05. The van der Waals surface area contributed by atoms with Crippen LogP contribution in [0.1, 0.15) is 0 Å². The standard InChI is InChI=1S/C11H9BrN2/c12-11-13-7-3-1-5-9(13)10-6-2-4-8-14(10)11/h1-8,11H. The number of alkyl halides is 1. The quantitative estimate of drug-likeness (QED) is 0.481. The van der Waals surface area contributed by atoms with E-state index in [0.717, 1.165) is 0 Å². The van der Waals surface area contributed by atoms with Gasteiger partial charge in [0.15, 0.2) is 5.08 Å². The van der Waals surface area contributed by atoms with Gasteiger partial charge in [-0.25, -0.2) is 0 Å². The lowest BCUT2D eigenvalue weighted by molar-refractivity contribution is 0.341. The molecule has 3 heteroatoms. The van der Waals surface area contributed by atoms with E-state index in [0.29, 0.717) is 0 Å². The number of allylic oxidation sites excluding steroid dienone is 6. The summed E-state index contributed by atoms with van der Waals surface area (Å²) in [6, 6.07) is 0. The first-order chi connectivity index (χ1) is 6.88. The fourth-order valence-corrected chi connectivity index (χ4v) is 2.57. The number of rotatable bonds is 0. The van der Waals surface area contributed by atoms with Crippen LogP contribution >= 0.6 is 15.9 Å². The van der Waals surface area contributed by atoms with E-state index in [4.69, 9.17) is 0 Å². The first kappa shape index (κ1) is 8.12. The summed E-state index contributed by atoms with van der Waals surface area (Å²) in [5, 5.41) is 0.204. The third-order valence-electron chi connectivity index (χ3n) is 2.50. The Bertz CT molecular complexity index is 377. The maximum Gasteiger partial charge on any atom is 0.167 e. The molecule has 0 aromatic carbocycles. The van der Waals surface area contributed by atoms with Gasteiger partial charge in [0.2, 0.25) is 0 Å². The van der Waals surface area contributed by atoms with Gasteiger partial charge in [-0.2, -0.15) is 0 Å². The van der Waals surface area contributed by atoms with Gasteiger partial charge in [0.05, 0.1) is 11.4 Å². The summed E-state index contributed by atoms with van der Waals surface area (Å²) in [4.78, 5) is 4.41. The molecule has 0 fully saturated rings. The predicted molar refractivity (Wildman–Crippen MR) is 60.0 cm³/mol. The minimum Gasteiger partial charge on any atom is -0.316 e. The molecule has 0 radical (unpaired) electrons. The van der Waals surface area contributed by atoms with Crippen molar-refractivity contribution in [2.75, 3.05) is 0 Å². The Morgan fingerprint density at radius 1 is 0.857 bits per heavy atom. The van der Waals surface area contributed by atoms with E-state index in [9.17, 15) is 0 Å². The summed E-state index contributed by atoms with van der Waals surface area (Å²) in [7, 11) is 0. The van der Waals surface area contributed by atoms with Crippen molar-refractivity contribution in [1.82, 2.24) is 9.80 Å². The van der Waals surface area contributed by atoms with Crippen LogP contribution in [0.15, 0.2) is 60.3 Å². The zero-order valence-electron chi connectivity index (χ0n) is 7.47. The van der Waals surface area contributed by atoms with Gasteiger partial charge in [-0.1, -0.05) is 12.2 Å². The average Bonchev–Trinajstić information content (AvgIpc) is 2.55. The Balaban J connectivity index is 2.14. The lowest BCUT2D eigenvalue weighted by atomic mass is 10.2. The molecular weight excluding hydrogens is 240 g/mol. The maximum atomic E-state index is 3.66. The van der Waals surface area contributed by atoms with Crippen molar-refractivity contribution in [2.24, 2.45) is 0 Å². The van der Waals surface area contributed by atoms with E-state index < -0.39 is 0 Å². The molecule has 0 atom stereocenters. The zero-order chi connectivity index (χ0) is 9.54. The summed E-state index contributed by atoms with van der Waals surface area (Å²) < 4.78 is 0. The van der Waals surface area contributed by atoms with Crippen molar-refractivity contribution < 1.29 is 0 Å². The highest BCUT2D eigenvalue weighted by Gasteiger charge is 2.33. The third-order valence-corrected chi connectivity index (χ3v) is 3.38. The molecule has 14 heavy (non-hydrogen) atoms. The van der Waals surface area contributed by atoms with Crippen LogP contribution in [0, 0.1) is 0 Å². The molecule has 0 unspecified atom stereocenters. The molecule has 3 aliphatic rings. The SMILES string of the molecule is BrC1N2C=CC=CC2=C2C=CC=CN21. The molecule has 0 N–H and O–H groups in total. The molecular formula is C11H9BrN2. The molecule has 0 bridgehead atoms. The van der Waals surface area contributed by atoms with Gasteiger partial charge in [-0.15, -0.1) is 0 Å². The highest BCUT2D eigenvalue weighted by Crippen LogP contribution is 2.37. The van der Waals surface area contributed by atoms with E-state index in [1.54, 1.807) is 0 Å². The van der Waals surface area contributed by atoms with Gasteiger partial charge in [-0.05, 0) is 40.2 Å². The Hall–Kier alpha value is -1.22.